The zero-order valence-corrected chi connectivity index (χ0v) is 11.5. The van der Waals surface area contributed by atoms with Gasteiger partial charge in [-0.2, -0.15) is 0 Å². The number of esters is 1. The van der Waals surface area contributed by atoms with Gasteiger partial charge in [-0.15, -0.1) is 0 Å². The zero-order chi connectivity index (χ0) is 15.5. The monoisotopic (exact) mass is 286 g/mol. The molecule has 0 aliphatic heterocycles. The van der Waals surface area contributed by atoms with Crippen LogP contribution in [-0.2, 0) is 16.0 Å². The van der Waals surface area contributed by atoms with Crippen LogP contribution < -0.4 is 0 Å². The molecule has 4 nitrogen and oxygen atoms in total. The molecular weight excluding hydrogens is 270 g/mol. The largest absolute Gasteiger partial charge is 0.477 e. The van der Waals surface area contributed by atoms with E-state index in [1.54, 1.807) is 20.8 Å². The Kier molecular flexibility index (Phi) is 4.81. The summed E-state index contributed by atoms with van der Waals surface area (Å²) < 4.78 is 31.9. The molecule has 0 fully saturated rings. The molecule has 0 atom stereocenters. The standard InChI is InChI=1S/C14H16F2O4/c1-14(2,3)20-11(17)5-4-8-6-9(15)12(13(18)19)10(16)7-8/h6-7H,4-5H2,1-3H3,(H,18,19). The fourth-order valence-corrected chi connectivity index (χ4v) is 1.61. The van der Waals surface area contributed by atoms with Crippen molar-refractivity contribution in [2.45, 2.75) is 39.2 Å². The Hall–Kier alpha value is -1.98. The highest BCUT2D eigenvalue weighted by atomic mass is 19.1. The quantitative estimate of drug-likeness (QED) is 0.864. The van der Waals surface area contributed by atoms with E-state index < -0.39 is 34.7 Å². The number of hydrogen-bond donors (Lipinski definition) is 1. The lowest BCUT2D eigenvalue weighted by Crippen LogP contribution is -2.24. The third kappa shape index (κ3) is 4.60. The van der Waals surface area contributed by atoms with Gasteiger partial charge in [0, 0.05) is 6.42 Å². The normalized spacial score (nSPS) is 11.2. The Morgan fingerprint density at radius 1 is 1.20 bits per heavy atom. The molecule has 0 aliphatic carbocycles. The molecular formula is C14H16F2O4. The maximum absolute atomic E-state index is 13.4. The number of ether oxygens (including phenoxy) is 1. The minimum absolute atomic E-state index is 0.0391. The molecule has 0 spiro atoms. The number of aromatic carboxylic acids is 1. The van der Waals surface area contributed by atoms with E-state index in [1.165, 1.54) is 0 Å². The summed E-state index contributed by atoms with van der Waals surface area (Å²) in [6, 6.07) is 1.83. The van der Waals surface area contributed by atoms with E-state index in [9.17, 15) is 18.4 Å². The van der Waals surface area contributed by atoms with E-state index in [2.05, 4.69) is 0 Å². The molecule has 0 aliphatic rings. The highest BCUT2D eigenvalue weighted by molar-refractivity contribution is 5.88. The van der Waals surface area contributed by atoms with Gasteiger partial charge in [-0.3, -0.25) is 4.79 Å². The number of benzene rings is 1. The molecule has 0 amide bonds. The highest BCUT2D eigenvalue weighted by Crippen LogP contribution is 2.17. The Morgan fingerprint density at radius 2 is 1.70 bits per heavy atom. The summed E-state index contributed by atoms with van der Waals surface area (Å²) in [5.41, 5.74) is -1.41. The molecule has 0 unspecified atom stereocenters. The van der Waals surface area contributed by atoms with Crippen molar-refractivity contribution in [3.8, 4) is 0 Å². The molecule has 6 heteroatoms. The summed E-state index contributed by atoms with van der Waals surface area (Å²) in [7, 11) is 0. The molecule has 0 saturated heterocycles. The van der Waals surface area contributed by atoms with Crippen molar-refractivity contribution in [3.05, 3.63) is 34.9 Å². The minimum Gasteiger partial charge on any atom is -0.477 e. The molecule has 0 radical (unpaired) electrons. The number of rotatable bonds is 4. The Morgan fingerprint density at radius 3 is 2.10 bits per heavy atom. The number of halogens is 2. The van der Waals surface area contributed by atoms with Gasteiger partial charge in [0.25, 0.3) is 0 Å². The molecule has 1 aromatic carbocycles. The second-order valence-electron chi connectivity index (χ2n) is 5.33. The van der Waals surface area contributed by atoms with Gasteiger partial charge in [0.15, 0.2) is 0 Å². The minimum atomic E-state index is -1.67. The van der Waals surface area contributed by atoms with Crippen LogP contribution in [0, 0.1) is 11.6 Å². The van der Waals surface area contributed by atoms with Crippen LogP contribution in [0.15, 0.2) is 12.1 Å². The molecule has 110 valence electrons. The lowest BCUT2D eigenvalue weighted by atomic mass is 10.1. The predicted molar refractivity (Wildman–Crippen MR) is 67.5 cm³/mol. The van der Waals surface area contributed by atoms with Gasteiger partial charge in [0.05, 0.1) is 0 Å². The molecule has 0 aromatic heterocycles. The van der Waals surface area contributed by atoms with Crippen molar-refractivity contribution in [2.24, 2.45) is 0 Å². The van der Waals surface area contributed by atoms with Crippen molar-refractivity contribution in [3.63, 3.8) is 0 Å². The highest BCUT2D eigenvalue weighted by Gasteiger charge is 2.19. The Labute approximate surface area is 115 Å². The van der Waals surface area contributed by atoms with Gasteiger partial charge in [0.1, 0.15) is 22.8 Å². The first-order valence-corrected chi connectivity index (χ1v) is 6.03. The third-order valence-corrected chi connectivity index (χ3v) is 2.35. The van der Waals surface area contributed by atoms with Crippen molar-refractivity contribution in [1.82, 2.24) is 0 Å². The molecule has 0 heterocycles. The van der Waals surface area contributed by atoms with E-state index >= 15 is 0 Å². The summed E-state index contributed by atoms with van der Waals surface area (Å²) in [6.07, 6.45) is 0.0330. The topological polar surface area (TPSA) is 63.6 Å². The van der Waals surface area contributed by atoms with Gasteiger partial charge in [-0.1, -0.05) is 0 Å². The van der Waals surface area contributed by atoms with Gasteiger partial charge >= 0.3 is 11.9 Å². The first kappa shape index (κ1) is 16.1. The smallest absolute Gasteiger partial charge is 0.341 e. The fourth-order valence-electron chi connectivity index (χ4n) is 1.61. The number of carboxylic acids is 1. The number of carbonyl (C=O) groups excluding carboxylic acids is 1. The summed E-state index contributed by atoms with van der Waals surface area (Å²) in [6.45, 7) is 5.14. The molecule has 1 rings (SSSR count). The van der Waals surface area contributed by atoms with Gasteiger partial charge in [0.2, 0.25) is 0 Å². The molecule has 0 saturated carbocycles. The van der Waals surface area contributed by atoms with Crippen molar-refractivity contribution >= 4 is 11.9 Å². The van der Waals surface area contributed by atoms with E-state index in [-0.39, 0.29) is 18.4 Å². The average Bonchev–Trinajstić information content (AvgIpc) is 2.22. The van der Waals surface area contributed by atoms with Crippen LogP contribution >= 0.6 is 0 Å². The van der Waals surface area contributed by atoms with Gasteiger partial charge < -0.3 is 9.84 Å². The Balaban J connectivity index is 2.76. The summed E-state index contributed by atoms with van der Waals surface area (Å²) in [5, 5.41) is 8.63. The number of carboxylic acid groups (broad SMARTS) is 1. The summed E-state index contributed by atoms with van der Waals surface area (Å²) in [5.74, 6) is -4.47. The van der Waals surface area contributed by atoms with Gasteiger partial charge in [-0.05, 0) is 44.9 Å². The van der Waals surface area contributed by atoms with Crippen LogP contribution in [-0.4, -0.2) is 22.6 Å². The van der Waals surface area contributed by atoms with Crippen LogP contribution in [0.4, 0.5) is 8.78 Å². The molecule has 1 aromatic rings. The van der Waals surface area contributed by atoms with Crippen LogP contribution in [0.1, 0.15) is 43.1 Å². The second kappa shape index (κ2) is 5.98. The van der Waals surface area contributed by atoms with E-state index in [0.29, 0.717) is 0 Å². The molecule has 0 bridgehead atoms. The van der Waals surface area contributed by atoms with Crippen molar-refractivity contribution in [1.29, 1.82) is 0 Å². The lowest BCUT2D eigenvalue weighted by molar-refractivity contribution is -0.154. The van der Waals surface area contributed by atoms with Crippen LogP contribution in [0.5, 0.6) is 0 Å². The van der Waals surface area contributed by atoms with Crippen LogP contribution in [0.25, 0.3) is 0 Å². The van der Waals surface area contributed by atoms with Crippen LogP contribution in [0.2, 0.25) is 0 Å². The van der Waals surface area contributed by atoms with E-state index in [0.717, 1.165) is 12.1 Å². The SMILES string of the molecule is CC(C)(C)OC(=O)CCc1cc(F)c(C(=O)O)c(F)c1. The van der Waals surface area contributed by atoms with E-state index in [1.807, 2.05) is 0 Å². The molecule has 1 N–H and O–H groups in total. The number of carbonyl (C=O) groups is 2. The molecule has 20 heavy (non-hydrogen) atoms. The lowest BCUT2D eigenvalue weighted by Gasteiger charge is -2.19. The second-order valence-corrected chi connectivity index (χ2v) is 5.33. The zero-order valence-electron chi connectivity index (χ0n) is 11.5. The first-order valence-electron chi connectivity index (χ1n) is 6.03. The Bertz CT molecular complexity index is 509. The number of aryl methyl sites for hydroxylation is 1. The fraction of sp³-hybridized carbons (Fsp3) is 0.429. The summed E-state index contributed by atoms with van der Waals surface area (Å²) in [4.78, 5) is 22.1. The average molecular weight is 286 g/mol. The third-order valence-electron chi connectivity index (χ3n) is 2.35. The number of hydrogen-bond acceptors (Lipinski definition) is 3. The summed E-state index contributed by atoms with van der Waals surface area (Å²) >= 11 is 0. The van der Waals surface area contributed by atoms with Crippen molar-refractivity contribution < 1.29 is 28.2 Å². The maximum Gasteiger partial charge on any atom is 0.341 e. The van der Waals surface area contributed by atoms with Crippen molar-refractivity contribution in [2.75, 3.05) is 0 Å². The maximum atomic E-state index is 13.4. The first-order chi connectivity index (χ1) is 9.10. The van der Waals surface area contributed by atoms with Crippen LogP contribution in [0.3, 0.4) is 0 Å². The van der Waals surface area contributed by atoms with E-state index in [4.69, 9.17) is 9.84 Å². The predicted octanol–water partition coefficient (Wildman–Crippen LogP) is 2.94. The van der Waals surface area contributed by atoms with Gasteiger partial charge in [-0.25, -0.2) is 13.6 Å².